The average molecular weight is 400 g/mol. The number of unbranched alkanes of at least 4 members (excludes halogenated alkanes) is 2. The molecule has 5 heteroatoms. The lowest BCUT2D eigenvalue weighted by molar-refractivity contribution is -0.143. The molecule has 0 N–H and O–H groups in total. The molecule has 150 valence electrons. The lowest BCUT2D eigenvalue weighted by atomic mass is 10.0. The van der Waals surface area contributed by atoms with Gasteiger partial charge in [-0.15, -0.1) is 0 Å². The highest BCUT2D eigenvalue weighted by atomic mass is 31.2. The fraction of sp³-hybridized carbons (Fsp3) is 0.391. The van der Waals surface area contributed by atoms with Crippen LogP contribution in [0.4, 0.5) is 0 Å². The number of hydrogen-bond donors (Lipinski definition) is 0. The summed E-state index contributed by atoms with van der Waals surface area (Å²) in [4.78, 5) is 25.5. The van der Waals surface area contributed by atoms with Gasteiger partial charge in [0.15, 0.2) is 7.14 Å². The van der Waals surface area contributed by atoms with Crippen LogP contribution >= 0.6 is 7.14 Å². The van der Waals surface area contributed by atoms with Crippen molar-refractivity contribution in [3.8, 4) is 0 Å². The van der Waals surface area contributed by atoms with Gasteiger partial charge in [0, 0.05) is 17.0 Å². The second kappa shape index (κ2) is 10.4. The van der Waals surface area contributed by atoms with Crippen molar-refractivity contribution < 1.29 is 18.9 Å². The quantitative estimate of drug-likeness (QED) is 0.310. The Hall–Kier alpha value is -2.19. The maximum atomic E-state index is 13.9. The number of carbonyl (C=O) groups excluding carboxylic acids is 2. The van der Waals surface area contributed by atoms with E-state index in [9.17, 15) is 14.2 Å². The largest absolute Gasteiger partial charge is 0.466 e. The third-order valence-corrected chi connectivity index (χ3v) is 7.70. The molecular formula is C23H29O4P. The molecule has 0 bridgehead atoms. The van der Waals surface area contributed by atoms with E-state index in [0.29, 0.717) is 17.5 Å². The molecule has 0 saturated carbocycles. The first-order valence-corrected chi connectivity index (χ1v) is 11.7. The highest BCUT2D eigenvalue weighted by molar-refractivity contribution is 7.87. The Balaban J connectivity index is 2.26. The van der Waals surface area contributed by atoms with Gasteiger partial charge in [-0.3, -0.25) is 9.59 Å². The second-order valence-corrected chi connectivity index (χ2v) is 9.90. The van der Waals surface area contributed by atoms with Gasteiger partial charge in [-0.05, 0) is 31.4 Å². The molecule has 2 aromatic carbocycles. The predicted octanol–water partition coefficient (Wildman–Crippen LogP) is 5.26. The van der Waals surface area contributed by atoms with Gasteiger partial charge in [-0.1, -0.05) is 68.3 Å². The van der Waals surface area contributed by atoms with E-state index in [-0.39, 0.29) is 18.1 Å². The number of ether oxygens (including phenoxy) is 1. The van der Waals surface area contributed by atoms with Crippen molar-refractivity contribution in [1.82, 2.24) is 0 Å². The summed E-state index contributed by atoms with van der Waals surface area (Å²) in [5, 5.41) is 0.487. The Bertz CT molecular complexity index is 838. The van der Waals surface area contributed by atoms with Crippen LogP contribution in [0.3, 0.4) is 0 Å². The minimum atomic E-state index is -3.48. The molecule has 0 aliphatic rings. The lowest BCUT2D eigenvalue weighted by Gasteiger charge is -2.19. The standard InChI is InChI=1S/C23H29O4P/c1-4-5-9-16-27-21(24)15-17-28(26,20-13-7-6-8-14-20)23(25)22-18(2)11-10-12-19(22)3/h6-8,10-14H,4-5,9,15-17H2,1-3H3. The van der Waals surface area contributed by atoms with Crippen LogP contribution in [0.5, 0.6) is 0 Å². The molecule has 28 heavy (non-hydrogen) atoms. The molecule has 0 saturated heterocycles. The summed E-state index contributed by atoms with van der Waals surface area (Å²) in [6.07, 6.45) is 2.82. The molecule has 1 atom stereocenters. The minimum absolute atomic E-state index is 0.0176. The van der Waals surface area contributed by atoms with Gasteiger partial charge < -0.3 is 9.30 Å². The van der Waals surface area contributed by atoms with Crippen molar-refractivity contribution in [2.75, 3.05) is 12.8 Å². The fourth-order valence-electron chi connectivity index (χ4n) is 3.21. The van der Waals surface area contributed by atoms with Gasteiger partial charge in [-0.2, -0.15) is 0 Å². The van der Waals surface area contributed by atoms with Crippen molar-refractivity contribution in [1.29, 1.82) is 0 Å². The van der Waals surface area contributed by atoms with Crippen LogP contribution in [0.2, 0.25) is 0 Å². The molecule has 0 aliphatic carbocycles. The Morgan fingerprint density at radius 3 is 2.18 bits per heavy atom. The summed E-state index contributed by atoms with van der Waals surface area (Å²) in [5.74, 6) is -0.401. The number of benzene rings is 2. The van der Waals surface area contributed by atoms with Crippen LogP contribution in [-0.4, -0.2) is 24.3 Å². The van der Waals surface area contributed by atoms with Crippen LogP contribution in [0.15, 0.2) is 48.5 Å². The first-order valence-electron chi connectivity index (χ1n) is 9.81. The van der Waals surface area contributed by atoms with Crippen molar-refractivity contribution >= 4 is 23.9 Å². The first kappa shape index (κ1) is 22.1. The van der Waals surface area contributed by atoms with Gasteiger partial charge in [0.1, 0.15) is 0 Å². The third kappa shape index (κ3) is 5.42. The van der Waals surface area contributed by atoms with Crippen LogP contribution in [0.25, 0.3) is 0 Å². The van der Waals surface area contributed by atoms with E-state index in [1.54, 1.807) is 24.3 Å². The van der Waals surface area contributed by atoms with Crippen molar-refractivity contribution in [3.63, 3.8) is 0 Å². The number of esters is 1. The first-order chi connectivity index (χ1) is 13.4. The summed E-state index contributed by atoms with van der Waals surface area (Å²) in [6.45, 7) is 6.14. The van der Waals surface area contributed by atoms with Crippen LogP contribution in [0.1, 0.15) is 54.1 Å². The second-order valence-electron chi connectivity index (χ2n) is 7.05. The van der Waals surface area contributed by atoms with E-state index in [2.05, 4.69) is 6.92 Å². The van der Waals surface area contributed by atoms with Gasteiger partial charge in [0.25, 0.3) is 0 Å². The molecule has 1 unspecified atom stereocenters. The highest BCUT2D eigenvalue weighted by Crippen LogP contribution is 2.49. The molecule has 0 aliphatic heterocycles. The number of aryl methyl sites for hydroxylation is 2. The van der Waals surface area contributed by atoms with Crippen molar-refractivity contribution in [2.24, 2.45) is 0 Å². The summed E-state index contributed by atoms with van der Waals surface area (Å²) in [5.41, 5.74) is 1.70. The zero-order valence-electron chi connectivity index (χ0n) is 16.9. The third-order valence-electron chi connectivity index (χ3n) is 4.84. The van der Waals surface area contributed by atoms with E-state index in [1.807, 2.05) is 38.1 Å². The van der Waals surface area contributed by atoms with E-state index in [4.69, 9.17) is 4.74 Å². The summed E-state index contributed by atoms with van der Waals surface area (Å²) in [6, 6.07) is 14.3. The molecule has 0 radical (unpaired) electrons. The average Bonchev–Trinajstić information content (AvgIpc) is 2.70. The van der Waals surface area contributed by atoms with E-state index in [1.165, 1.54) is 0 Å². The van der Waals surface area contributed by atoms with Crippen LogP contribution < -0.4 is 5.30 Å². The monoisotopic (exact) mass is 400 g/mol. The maximum Gasteiger partial charge on any atom is 0.306 e. The maximum absolute atomic E-state index is 13.9. The van der Waals surface area contributed by atoms with Gasteiger partial charge >= 0.3 is 5.97 Å². The van der Waals surface area contributed by atoms with Gasteiger partial charge in [0.05, 0.1) is 13.0 Å². The Labute approximate surface area is 167 Å². The summed E-state index contributed by atoms with van der Waals surface area (Å²) >= 11 is 0. The topological polar surface area (TPSA) is 60.4 Å². The summed E-state index contributed by atoms with van der Waals surface area (Å²) in [7, 11) is -3.48. The molecule has 0 heterocycles. The lowest BCUT2D eigenvalue weighted by Crippen LogP contribution is -2.20. The molecule has 2 aromatic rings. The summed E-state index contributed by atoms with van der Waals surface area (Å²) < 4.78 is 19.2. The van der Waals surface area contributed by atoms with E-state index >= 15 is 0 Å². The van der Waals surface area contributed by atoms with E-state index < -0.39 is 13.1 Å². The Morgan fingerprint density at radius 1 is 0.929 bits per heavy atom. The molecule has 2 rings (SSSR count). The van der Waals surface area contributed by atoms with Crippen LogP contribution in [-0.2, 0) is 14.1 Å². The normalized spacial score (nSPS) is 13.0. The molecule has 0 amide bonds. The van der Waals surface area contributed by atoms with Gasteiger partial charge in [0.2, 0.25) is 5.52 Å². The fourth-order valence-corrected chi connectivity index (χ4v) is 5.77. The van der Waals surface area contributed by atoms with E-state index in [0.717, 1.165) is 30.4 Å². The zero-order valence-corrected chi connectivity index (χ0v) is 17.8. The zero-order chi connectivity index (χ0) is 20.6. The van der Waals surface area contributed by atoms with Crippen molar-refractivity contribution in [2.45, 2.75) is 46.5 Å². The smallest absolute Gasteiger partial charge is 0.306 e. The molecule has 0 spiro atoms. The predicted molar refractivity (Wildman–Crippen MR) is 114 cm³/mol. The Kier molecular flexibility index (Phi) is 8.19. The van der Waals surface area contributed by atoms with Crippen molar-refractivity contribution in [3.05, 3.63) is 65.2 Å². The highest BCUT2D eigenvalue weighted by Gasteiger charge is 2.36. The number of carbonyl (C=O) groups is 2. The van der Waals surface area contributed by atoms with Gasteiger partial charge in [-0.25, -0.2) is 0 Å². The Morgan fingerprint density at radius 2 is 1.57 bits per heavy atom. The number of rotatable bonds is 10. The molecule has 4 nitrogen and oxygen atoms in total. The SMILES string of the molecule is CCCCCOC(=O)CCP(=O)(C(=O)c1c(C)cccc1C)c1ccccc1. The molecule has 0 aromatic heterocycles. The molecular weight excluding hydrogens is 371 g/mol. The number of hydrogen-bond acceptors (Lipinski definition) is 4. The van der Waals surface area contributed by atoms with Crippen LogP contribution in [0, 0.1) is 13.8 Å². The molecule has 0 fully saturated rings. The minimum Gasteiger partial charge on any atom is -0.466 e.